The van der Waals surface area contributed by atoms with Crippen LogP contribution < -0.4 is 10.5 Å². The van der Waals surface area contributed by atoms with Gasteiger partial charge in [-0.2, -0.15) is 0 Å². The van der Waals surface area contributed by atoms with Crippen LogP contribution in [0.1, 0.15) is 17.2 Å². The van der Waals surface area contributed by atoms with Crippen LogP contribution in [-0.4, -0.2) is 18.2 Å². The van der Waals surface area contributed by atoms with Crippen LogP contribution in [0.2, 0.25) is 5.02 Å². The van der Waals surface area contributed by atoms with Gasteiger partial charge in [0.25, 0.3) is 0 Å². The number of carbonyl (C=O) groups excluding carboxylic acids is 1. The van der Waals surface area contributed by atoms with Gasteiger partial charge in [0.1, 0.15) is 24.1 Å². The van der Waals surface area contributed by atoms with E-state index >= 15 is 0 Å². The van der Waals surface area contributed by atoms with Crippen LogP contribution in [0, 0.1) is 0 Å². The molecule has 0 radical (unpaired) electrons. The molecule has 1 unspecified atom stereocenters. The van der Waals surface area contributed by atoms with Crippen LogP contribution in [-0.2, 0) is 16.1 Å². The number of hydrogen-bond acceptors (Lipinski definition) is 5. The predicted octanol–water partition coefficient (Wildman–Crippen LogP) is 2.80. The fourth-order valence-electron chi connectivity index (χ4n) is 1.82. The van der Waals surface area contributed by atoms with Crippen molar-refractivity contribution in [1.29, 1.82) is 0 Å². The van der Waals surface area contributed by atoms with Gasteiger partial charge in [0.05, 0.1) is 12.1 Å². The van der Waals surface area contributed by atoms with Crippen LogP contribution in [0.15, 0.2) is 42.5 Å². The van der Waals surface area contributed by atoms with Gasteiger partial charge in [0.15, 0.2) is 0 Å². The van der Waals surface area contributed by atoms with Gasteiger partial charge in [-0.25, -0.2) is 4.79 Å². The van der Waals surface area contributed by atoms with Crippen molar-refractivity contribution in [2.24, 2.45) is 5.73 Å². The molecular formula is C16H16ClNO4. The standard InChI is InChI=1S/C16H16ClNO4/c1-21-12-5-2-10(3-6-12)9-22-16(20)15(18)11-4-7-14(19)13(17)8-11/h2-8,15,19H,9,18H2,1H3. The van der Waals surface area contributed by atoms with Crippen molar-refractivity contribution in [3.05, 3.63) is 58.6 Å². The van der Waals surface area contributed by atoms with Gasteiger partial charge in [-0.05, 0) is 35.4 Å². The first-order valence-electron chi connectivity index (χ1n) is 6.55. The minimum atomic E-state index is -0.962. The Bertz CT molecular complexity index is 658. The van der Waals surface area contributed by atoms with Gasteiger partial charge in [-0.3, -0.25) is 0 Å². The highest BCUT2D eigenvalue weighted by Gasteiger charge is 2.18. The van der Waals surface area contributed by atoms with Crippen LogP contribution in [0.5, 0.6) is 11.5 Å². The first kappa shape index (κ1) is 16.1. The maximum atomic E-state index is 12.0. The highest BCUT2D eigenvalue weighted by atomic mass is 35.5. The van der Waals surface area contributed by atoms with Gasteiger partial charge in [-0.1, -0.05) is 29.8 Å². The van der Waals surface area contributed by atoms with E-state index in [0.717, 1.165) is 11.3 Å². The fourth-order valence-corrected chi connectivity index (χ4v) is 2.01. The average Bonchev–Trinajstić information content (AvgIpc) is 2.55. The highest BCUT2D eigenvalue weighted by molar-refractivity contribution is 6.32. The van der Waals surface area contributed by atoms with Crippen molar-refractivity contribution in [2.45, 2.75) is 12.6 Å². The molecule has 0 amide bonds. The minimum Gasteiger partial charge on any atom is -0.506 e. The first-order valence-corrected chi connectivity index (χ1v) is 6.92. The number of nitrogens with two attached hydrogens (primary N) is 1. The molecule has 6 heteroatoms. The second-order valence-corrected chi connectivity index (χ2v) is 5.05. The van der Waals surface area contributed by atoms with Crippen molar-refractivity contribution in [2.75, 3.05) is 7.11 Å². The number of methoxy groups -OCH3 is 1. The summed E-state index contributed by atoms with van der Waals surface area (Å²) in [5.41, 5.74) is 7.13. The Morgan fingerprint density at radius 2 is 1.95 bits per heavy atom. The molecule has 0 fully saturated rings. The first-order chi connectivity index (χ1) is 10.5. The Morgan fingerprint density at radius 3 is 2.55 bits per heavy atom. The lowest BCUT2D eigenvalue weighted by molar-refractivity contribution is -0.146. The molecule has 0 aliphatic heterocycles. The molecule has 0 aliphatic carbocycles. The van der Waals surface area contributed by atoms with E-state index in [9.17, 15) is 9.90 Å². The summed E-state index contributed by atoms with van der Waals surface area (Å²) < 4.78 is 10.2. The average molecular weight is 322 g/mol. The van der Waals surface area contributed by atoms with Gasteiger partial charge >= 0.3 is 5.97 Å². The molecule has 0 heterocycles. The smallest absolute Gasteiger partial charge is 0.327 e. The summed E-state index contributed by atoms with van der Waals surface area (Å²) in [6.45, 7) is 0.113. The third-order valence-electron chi connectivity index (χ3n) is 3.12. The zero-order valence-electron chi connectivity index (χ0n) is 12.0. The molecule has 2 aromatic carbocycles. The second kappa shape index (κ2) is 7.15. The molecule has 0 aliphatic rings. The number of phenolic OH excluding ortho intramolecular Hbond substituents is 1. The number of aromatic hydroxyl groups is 1. The second-order valence-electron chi connectivity index (χ2n) is 4.64. The maximum Gasteiger partial charge on any atom is 0.327 e. The lowest BCUT2D eigenvalue weighted by Gasteiger charge is -2.13. The number of rotatable bonds is 5. The number of carbonyl (C=O) groups is 1. The molecule has 2 aromatic rings. The Kier molecular flexibility index (Phi) is 5.25. The molecule has 116 valence electrons. The maximum absolute atomic E-state index is 12.0. The van der Waals surface area contributed by atoms with E-state index < -0.39 is 12.0 Å². The number of benzene rings is 2. The number of hydrogen-bond donors (Lipinski definition) is 2. The zero-order chi connectivity index (χ0) is 16.1. The molecule has 0 aromatic heterocycles. The lowest BCUT2D eigenvalue weighted by atomic mass is 10.1. The lowest BCUT2D eigenvalue weighted by Crippen LogP contribution is -2.23. The molecular weight excluding hydrogens is 306 g/mol. The Morgan fingerprint density at radius 1 is 1.27 bits per heavy atom. The molecule has 5 nitrogen and oxygen atoms in total. The van der Waals surface area contributed by atoms with Crippen LogP contribution in [0.25, 0.3) is 0 Å². The number of halogens is 1. The van der Waals surface area contributed by atoms with Gasteiger partial charge < -0.3 is 20.3 Å². The van der Waals surface area contributed by atoms with E-state index in [4.69, 9.17) is 26.8 Å². The summed E-state index contributed by atoms with van der Waals surface area (Å²) in [5, 5.41) is 9.49. The molecule has 3 N–H and O–H groups in total. The van der Waals surface area contributed by atoms with E-state index in [0.29, 0.717) is 5.56 Å². The minimum absolute atomic E-state index is 0.0655. The predicted molar refractivity (Wildman–Crippen MR) is 82.8 cm³/mol. The summed E-state index contributed by atoms with van der Waals surface area (Å²) in [6.07, 6.45) is 0. The molecule has 2 rings (SSSR count). The van der Waals surface area contributed by atoms with Crippen molar-refractivity contribution in [3.8, 4) is 11.5 Å². The summed E-state index contributed by atoms with van der Waals surface area (Å²) in [4.78, 5) is 12.0. The highest BCUT2D eigenvalue weighted by Crippen LogP contribution is 2.26. The third-order valence-corrected chi connectivity index (χ3v) is 3.43. The summed E-state index contributed by atoms with van der Waals surface area (Å²) in [5.74, 6) is 0.0901. The zero-order valence-corrected chi connectivity index (χ0v) is 12.7. The van der Waals surface area contributed by atoms with Crippen LogP contribution in [0.4, 0.5) is 0 Å². The normalized spacial score (nSPS) is 11.8. The van der Waals surface area contributed by atoms with E-state index in [1.54, 1.807) is 31.4 Å². The Hall–Kier alpha value is -2.24. The number of ether oxygens (including phenoxy) is 2. The van der Waals surface area contributed by atoms with Gasteiger partial charge in [0.2, 0.25) is 0 Å². The van der Waals surface area contributed by atoms with Crippen LogP contribution >= 0.6 is 11.6 Å². The largest absolute Gasteiger partial charge is 0.506 e. The molecule has 0 saturated heterocycles. The van der Waals surface area contributed by atoms with Crippen molar-refractivity contribution in [3.63, 3.8) is 0 Å². The monoisotopic (exact) mass is 321 g/mol. The molecule has 1 atom stereocenters. The van der Waals surface area contributed by atoms with E-state index in [1.807, 2.05) is 0 Å². The third kappa shape index (κ3) is 3.90. The number of esters is 1. The van der Waals surface area contributed by atoms with E-state index in [2.05, 4.69) is 0 Å². The molecule has 22 heavy (non-hydrogen) atoms. The fraction of sp³-hybridized carbons (Fsp3) is 0.188. The van der Waals surface area contributed by atoms with E-state index in [-0.39, 0.29) is 17.4 Å². The summed E-state index contributed by atoms with van der Waals surface area (Å²) in [7, 11) is 1.58. The quantitative estimate of drug-likeness (QED) is 0.828. The van der Waals surface area contributed by atoms with Crippen LogP contribution in [0.3, 0.4) is 0 Å². The molecule has 0 bridgehead atoms. The van der Waals surface area contributed by atoms with Crippen molar-refractivity contribution < 1.29 is 19.4 Å². The Labute approximate surface area is 133 Å². The number of phenols is 1. The van der Waals surface area contributed by atoms with Gasteiger partial charge in [0, 0.05) is 0 Å². The summed E-state index contributed by atoms with van der Waals surface area (Å²) in [6, 6.07) is 10.6. The van der Waals surface area contributed by atoms with Crippen molar-refractivity contribution in [1.82, 2.24) is 0 Å². The van der Waals surface area contributed by atoms with Gasteiger partial charge in [-0.15, -0.1) is 0 Å². The molecule has 0 spiro atoms. The SMILES string of the molecule is COc1ccc(COC(=O)C(N)c2ccc(O)c(Cl)c2)cc1. The Balaban J connectivity index is 1.97. The molecule has 0 saturated carbocycles. The van der Waals surface area contributed by atoms with Crippen molar-refractivity contribution >= 4 is 17.6 Å². The topological polar surface area (TPSA) is 81.8 Å². The van der Waals surface area contributed by atoms with E-state index in [1.165, 1.54) is 18.2 Å². The summed E-state index contributed by atoms with van der Waals surface area (Å²) >= 11 is 5.79.